The summed E-state index contributed by atoms with van der Waals surface area (Å²) in [5.74, 6) is 1.10. The number of esters is 1. The molecular weight excluding hydrogens is 362 g/mol. The largest absolute Gasteiger partial charge is 0.493 e. The molecule has 0 bridgehead atoms. The fourth-order valence-electron chi connectivity index (χ4n) is 3.00. The zero-order valence-electron chi connectivity index (χ0n) is 17.8. The first-order valence-corrected chi connectivity index (χ1v) is 12.2. The van der Waals surface area contributed by atoms with Gasteiger partial charge in [-0.25, -0.2) is 0 Å². The van der Waals surface area contributed by atoms with Crippen molar-refractivity contribution in [3.8, 4) is 11.5 Å². The number of carbonyl (C=O) groups is 1. The predicted octanol–water partition coefficient (Wildman–Crippen LogP) is 4.10. The molecule has 2 rings (SSSR count). The Bertz CT molecular complexity index is 684. The van der Waals surface area contributed by atoms with Crippen LogP contribution in [0, 0.1) is 0 Å². The highest BCUT2D eigenvalue weighted by atomic mass is 28.4. The lowest BCUT2D eigenvalue weighted by Crippen LogP contribution is -2.49. The van der Waals surface area contributed by atoms with Crippen LogP contribution in [0.1, 0.15) is 44.4 Å². The summed E-state index contributed by atoms with van der Waals surface area (Å²) >= 11 is 0. The minimum atomic E-state index is -2.04. The highest BCUT2D eigenvalue weighted by Gasteiger charge is 2.42. The molecule has 152 valence electrons. The van der Waals surface area contributed by atoms with Crippen LogP contribution in [-0.2, 0) is 20.5 Å². The molecule has 0 amide bonds. The maximum Gasteiger partial charge on any atom is 0.307 e. The molecule has 0 saturated carbocycles. The van der Waals surface area contributed by atoms with Gasteiger partial charge in [0.15, 0.2) is 11.5 Å². The number of nitrogens with zero attached hydrogens (tertiary/aromatic N) is 1. The monoisotopic (exact) mass is 395 g/mol. The Balaban J connectivity index is 2.45. The average molecular weight is 396 g/mol. The van der Waals surface area contributed by atoms with Crippen molar-refractivity contribution >= 4 is 14.3 Å². The quantitative estimate of drug-likeness (QED) is 0.534. The molecule has 6 nitrogen and oxygen atoms in total. The van der Waals surface area contributed by atoms with Crippen LogP contribution in [0.15, 0.2) is 12.1 Å². The van der Waals surface area contributed by atoms with Crippen molar-refractivity contribution in [2.45, 2.75) is 57.8 Å². The zero-order valence-corrected chi connectivity index (χ0v) is 18.8. The molecule has 0 spiro atoms. The molecule has 1 aliphatic heterocycles. The SMILES string of the molecule is COC(=O)C[C@H]1c2cc(OC)c(OC)cc2CCN1O[Si](C)(C)C(C)(C)C. The molecule has 1 aromatic carbocycles. The second-order valence-corrected chi connectivity index (χ2v) is 13.1. The van der Waals surface area contributed by atoms with Crippen molar-refractivity contribution in [1.82, 2.24) is 5.06 Å². The molecule has 1 aliphatic rings. The first-order chi connectivity index (χ1) is 12.5. The van der Waals surface area contributed by atoms with Gasteiger partial charge in [0.2, 0.25) is 8.32 Å². The van der Waals surface area contributed by atoms with Crippen LogP contribution in [0.25, 0.3) is 0 Å². The molecular formula is C20H33NO5Si. The molecule has 0 aliphatic carbocycles. The van der Waals surface area contributed by atoms with Gasteiger partial charge in [-0.15, -0.1) is 0 Å². The van der Waals surface area contributed by atoms with Crippen LogP contribution in [0.5, 0.6) is 11.5 Å². The summed E-state index contributed by atoms with van der Waals surface area (Å²) in [6.45, 7) is 11.8. The maximum atomic E-state index is 12.1. The molecule has 0 fully saturated rings. The minimum absolute atomic E-state index is 0.0701. The van der Waals surface area contributed by atoms with Gasteiger partial charge in [-0.2, -0.15) is 5.06 Å². The van der Waals surface area contributed by atoms with Crippen molar-refractivity contribution < 1.29 is 23.5 Å². The number of hydrogen-bond acceptors (Lipinski definition) is 6. The van der Waals surface area contributed by atoms with Gasteiger partial charge in [0.25, 0.3) is 0 Å². The number of benzene rings is 1. The van der Waals surface area contributed by atoms with E-state index in [1.54, 1.807) is 14.2 Å². The number of fused-ring (bicyclic) bond motifs is 1. The molecule has 0 N–H and O–H groups in total. The van der Waals surface area contributed by atoms with Gasteiger partial charge in [-0.05, 0) is 47.8 Å². The van der Waals surface area contributed by atoms with E-state index >= 15 is 0 Å². The van der Waals surface area contributed by atoms with Gasteiger partial charge in [0.05, 0.1) is 33.8 Å². The average Bonchev–Trinajstić information content (AvgIpc) is 2.61. The van der Waals surface area contributed by atoms with Crippen LogP contribution >= 0.6 is 0 Å². The van der Waals surface area contributed by atoms with Crippen LogP contribution in [-0.4, -0.2) is 47.2 Å². The Morgan fingerprint density at radius 3 is 2.26 bits per heavy atom. The van der Waals surface area contributed by atoms with E-state index in [0.717, 1.165) is 24.1 Å². The van der Waals surface area contributed by atoms with Gasteiger partial charge in [-0.3, -0.25) is 4.79 Å². The number of methoxy groups -OCH3 is 3. The first kappa shape index (κ1) is 21.7. The third-order valence-electron chi connectivity index (χ3n) is 5.69. The number of rotatable bonds is 6. The third kappa shape index (κ3) is 4.65. The zero-order chi connectivity index (χ0) is 20.4. The fourth-order valence-corrected chi connectivity index (χ4v) is 4.08. The second-order valence-electron chi connectivity index (χ2n) is 8.44. The minimum Gasteiger partial charge on any atom is -0.493 e. The van der Waals surface area contributed by atoms with Crippen molar-refractivity contribution in [3.63, 3.8) is 0 Å². The summed E-state index contributed by atoms with van der Waals surface area (Å²) in [5.41, 5.74) is 2.18. The van der Waals surface area contributed by atoms with Crippen molar-refractivity contribution in [3.05, 3.63) is 23.3 Å². The van der Waals surface area contributed by atoms with E-state index in [-0.39, 0.29) is 23.5 Å². The lowest BCUT2D eigenvalue weighted by molar-refractivity contribution is -0.152. The number of carbonyl (C=O) groups excluding carboxylic acids is 1. The van der Waals surface area contributed by atoms with Gasteiger partial charge in [0, 0.05) is 6.54 Å². The molecule has 1 heterocycles. The van der Waals surface area contributed by atoms with E-state index in [1.807, 2.05) is 17.2 Å². The van der Waals surface area contributed by atoms with Gasteiger partial charge in [0.1, 0.15) is 0 Å². The summed E-state index contributed by atoms with van der Waals surface area (Å²) in [5, 5.41) is 2.06. The summed E-state index contributed by atoms with van der Waals surface area (Å²) in [6, 6.07) is 3.75. The lowest BCUT2D eigenvalue weighted by Gasteiger charge is -2.44. The summed E-state index contributed by atoms with van der Waals surface area (Å²) in [7, 11) is 2.63. The Hall–Kier alpha value is -1.57. The van der Waals surface area contributed by atoms with Crippen molar-refractivity contribution in [2.75, 3.05) is 27.9 Å². The van der Waals surface area contributed by atoms with Gasteiger partial charge < -0.3 is 18.7 Å². The topological polar surface area (TPSA) is 57.2 Å². The summed E-state index contributed by atoms with van der Waals surface area (Å²) < 4.78 is 22.4. The predicted molar refractivity (Wildman–Crippen MR) is 108 cm³/mol. The third-order valence-corrected chi connectivity index (χ3v) is 10.00. The van der Waals surface area contributed by atoms with Crippen molar-refractivity contribution in [1.29, 1.82) is 0 Å². The van der Waals surface area contributed by atoms with Gasteiger partial charge in [-0.1, -0.05) is 20.8 Å². The smallest absolute Gasteiger partial charge is 0.307 e. The standard InChI is InChI=1S/C20H33NO5Si/c1-20(2,3)27(7,8)26-21-10-9-14-11-17(23-4)18(24-5)12-15(14)16(21)13-19(22)25-6/h11-12,16H,9-10,13H2,1-8H3/t16-/m0/s1. The van der Waals surface area contributed by atoms with E-state index in [0.29, 0.717) is 11.5 Å². The van der Waals surface area contributed by atoms with E-state index < -0.39 is 8.32 Å². The Morgan fingerprint density at radius 2 is 1.74 bits per heavy atom. The van der Waals surface area contributed by atoms with E-state index in [2.05, 4.69) is 33.9 Å². The fraction of sp³-hybridized carbons (Fsp3) is 0.650. The summed E-state index contributed by atoms with van der Waals surface area (Å²) in [6.07, 6.45) is 1.05. The molecule has 0 aromatic heterocycles. The van der Waals surface area contributed by atoms with Crippen molar-refractivity contribution in [2.24, 2.45) is 0 Å². The highest BCUT2D eigenvalue weighted by Crippen LogP contribution is 2.43. The molecule has 7 heteroatoms. The Morgan fingerprint density at radius 1 is 1.15 bits per heavy atom. The van der Waals surface area contributed by atoms with Crippen LogP contribution in [0.3, 0.4) is 0 Å². The maximum absolute atomic E-state index is 12.1. The Kier molecular flexibility index (Phi) is 6.60. The van der Waals surface area contributed by atoms with Crippen LogP contribution in [0.2, 0.25) is 18.1 Å². The first-order valence-electron chi connectivity index (χ1n) is 9.31. The molecule has 27 heavy (non-hydrogen) atoms. The number of hydrogen-bond donors (Lipinski definition) is 0. The van der Waals surface area contributed by atoms with Crippen LogP contribution < -0.4 is 9.47 Å². The molecule has 0 unspecified atom stereocenters. The molecule has 0 radical (unpaired) electrons. The number of ether oxygens (including phenoxy) is 3. The number of hydroxylamine groups is 2. The normalized spacial score (nSPS) is 18.0. The molecule has 1 atom stereocenters. The van der Waals surface area contributed by atoms with E-state index in [9.17, 15) is 4.79 Å². The molecule has 0 saturated heterocycles. The summed E-state index contributed by atoms with van der Waals surface area (Å²) in [4.78, 5) is 12.1. The Labute approximate surface area is 163 Å². The molecule has 1 aromatic rings. The van der Waals surface area contributed by atoms with Gasteiger partial charge >= 0.3 is 5.97 Å². The van der Waals surface area contributed by atoms with E-state index in [4.69, 9.17) is 18.7 Å². The van der Waals surface area contributed by atoms with Crippen LogP contribution in [0.4, 0.5) is 0 Å². The second kappa shape index (κ2) is 8.20. The highest BCUT2D eigenvalue weighted by molar-refractivity contribution is 6.74. The van der Waals surface area contributed by atoms with E-state index in [1.165, 1.54) is 7.11 Å². The lowest BCUT2D eigenvalue weighted by atomic mass is 9.91.